The average molecular weight is 531 g/mol. The molecular weight excluding hydrogens is 500 g/mol. The van der Waals surface area contributed by atoms with Crippen LogP contribution < -0.4 is 4.74 Å². The van der Waals surface area contributed by atoms with Gasteiger partial charge < -0.3 is 19.8 Å². The van der Waals surface area contributed by atoms with Crippen LogP contribution in [0.5, 0.6) is 5.75 Å². The van der Waals surface area contributed by atoms with Gasteiger partial charge in [-0.15, -0.1) is 11.8 Å². The van der Waals surface area contributed by atoms with E-state index in [0.717, 1.165) is 36.8 Å². The molecule has 0 aliphatic carbocycles. The number of nitrogens with zero attached hydrogens (tertiary/aromatic N) is 4. The fourth-order valence-electron chi connectivity index (χ4n) is 4.79. The molecule has 4 rings (SSSR count). The number of fused-ring (bicyclic) bond motifs is 1. The Bertz CT molecular complexity index is 1180. The molecule has 10 heteroatoms. The summed E-state index contributed by atoms with van der Waals surface area (Å²) in [4.78, 5) is 27.4. The SMILES string of the molecule is COc1ccc2ncc(Cl)c(C(O)CCC3(C(=O)O)CCN(CCCSc4cnccn4)CC3)c2c1. The molecule has 0 amide bonds. The topological polar surface area (TPSA) is 109 Å². The van der Waals surface area contributed by atoms with E-state index in [0.29, 0.717) is 52.9 Å². The Morgan fingerprint density at radius 1 is 1.25 bits per heavy atom. The fourth-order valence-corrected chi connectivity index (χ4v) is 5.82. The Labute approximate surface area is 220 Å². The maximum atomic E-state index is 12.3. The van der Waals surface area contributed by atoms with Crippen molar-refractivity contribution in [2.45, 2.75) is 43.2 Å². The van der Waals surface area contributed by atoms with Crippen molar-refractivity contribution in [1.82, 2.24) is 19.9 Å². The van der Waals surface area contributed by atoms with Gasteiger partial charge in [-0.3, -0.25) is 14.8 Å². The molecule has 1 aliphatic heterocycles. The third-order valence-corrected chi connectivity index (χ3v) is 8.27. The monoisotopic (exact) mass is 530 g/mol. The van der Waals surface area contributed by atoms with Gasteiger partial charge in [0.25, 0.3) is 0 Å². The molecule has 1 saturated heterocycles. The number of halogens is 1. The smallest absolute Gasteiger partial charge is 0.309 e. The zero-order chi connectivity index (χ0) is 25.5. The molecule has 1 atom stereocenters. The summed E-state index contributed by atoms with van der Waals surface area (Å²) >= 11 is 8.12. The summed E-state index contributed by atoms with van der Waals surface area (Å²) in [5.74, 6) is 0.793. The first-order valence-electron chi connectivity index (χ1n) is 12.1. The fraction of sp³-hybridized carbons (Fsp3) is 0.462. The molecule has 192 valence electrons. The molecule has 1 aliphatic rings. The number of aliphatic carboxylic acids is 1. The van der Waals surface area contributed by atoms with E-state index in [-0.39, 0.29) is 0 Å². The minimum atomic E-state index is -0.900. The van der Waals surface area contributed by atoms with Crippen LogP contribution >= 0.6 is 23.4 Å². The maximum Gasteiger partial charge on any atom is 0.309 e. The average Bonchev–Trinajstić information content (AvgIpc) is 2.90. The molecule has 3 aromatic rings. The first-order chi connectivity index (χ1) is 17.4. The highest BCUT2D eigenvalue weighted by Gasteiger charge is 2.41. The van der Waals surface area contributed by atoms with E-state index in [1.165, 1.54) is 6.20 Å². The predicted molar refractivity (Wildman–Crippen MR) is 141 cm³/mol. The molecule has 2 aromatic heterocycles. The second-order valence-electron chi connectivity index (χ2n) is 9.13. The van der Waals surface area contributed by atoms with Gasteiger partial charge in [0, 0.05) is 35.3 Å². The van der Waals surface area contributed by atoms with Gasteiger partial charge in [-0.2, -0.15) is 0 Å². The van der Waals surface area contributed by atoms with Crippen LogP contribution in [0.25, 0.3) is 10.9 Å². The van der Waals surface area contributed by atoms with E-state index in [1.807, 2.05) is 6.07 Å². The van der Waals surface area contributed by atoms with Crippen LogP contribution in [0.3, 0.4) is 0 Å². The number of hydrogen-bond acceptors (Lipinski definition) is 8. The molecule has 36 heavy (non-hydrogen) atoms. The summed E-state index contributed by atoms with van der Waals surface area (Å²) < 4.78 is 5.33. The summed E-state index contributed by atoms with van der Waals surface area (Å²) in [6.07, 6.45) is 8.55. The van der Waals surface area contributed by atoms with E-state index < -0.39 is 17.5 Å². The number of thioether (sulfide) groups is 1. The molecule has 0 radical (unpaired) electrons. The number of piperidine rings is 1. The summed E-state index contributed by atoms with van der Waals surface area (Å²) in [7, 11) is 1.58. The van der Waals surface area contributed by atoms with Crippen LogP contribution in [0.2, 0.25) is 5.02 Å². The number of aliphatic hydroxyl groups excluding tert-OH is 1. The summed E-state index contributed by atoms with van der Waals surface area (Å²) in [5, 5.41) is 23.2. The number of carboxylic acids is 1. The molecule has 0 spiro atoms. The van der Waals surface area contributed by atoms with E-state index in [4.69, 9.17) is 16.3 Å². The van der Waals surface area contributed by atoms with Gasteiger partial charge >= 0.3 is 5.97 Å². The maximum absolute atomic E-state index is 12.3. The number of methoxy groups -OCH3 is 1. The van der Waals surface area contributed by atoms with Gasteiger partial charge in [-0.1, -0.05) is 11.6 Å². The molecule has 1 unspecified atom stereocenters. The molecule has 1 fully saturated rings. The van der Waals surface area contributed by atoms with Gasteiger partial charge in [0.15, 0.2) is 0 Å². The minimum absolute atomic E-state index is 0.303. The Morgan fingerprint density at radius 2 is 2.06 bits per heavy atom. The Kier molecular flexibility index (Phi) is 9.00. The molecule has 2 N–H and O–H groups in total. The largest absolute Gasteiger partial charge is 0.497 e. The van der Waals surface area contributed by atoms with Gasteiger partial charge in [0.1, 0.15) is 10.8 Å². The van der Waals surface area contributed by atoms with Gasteiger partial charge in [0.2, 0.25) is 0 Å². The lowest BCUT2D eigenvalue weighted by Gasteiger charge is -2.39. The number of rotatable bonds is 11. The number of carboxylic acid groups (broad SMARTS) is 1. The molecule has 1 aromatic carbocycles. The molecular formula is C26H31ClN4O4S. The summed E-state index contributed by atoms with van der Waals surface area (Å²) in [6.45, 7) is 2.38. The Hall–Kier alpha value is -2.46. The van der Waals surface area contributed by atoms with Crippen LogP contribution in [0, 0.1) is 5.41 Å². The van der Waals surface area contributed by atoms with Gasteiger partial charge in [0.05, 0.1) is 35.4 Å². The lowest BCUT2D eigenvalue weighted by Crippen LogP contribution is -2.44. The van der Waals surface area contributed by atoms with Crippen molar-refractivity contribution in [3.05, 3.63) is 53.6 Å². The standard InChI is InChI=1S/C26H31ClN4O4S/c1-35-18-3-4-21-19(15-18)24(20(27)16-30-21)22(32)5-6-26(25(33)34)7-12-31(13-8-26)11-2-14-36-23-17-28-9-10-29-23/h3-4,9-10,15-17,22,32H,2,5-8,11-14H2,1H3,(H,33,34). The highest BCUT2D eigenvalue weighted by Crippen LogP contribution is 2.41. The first kappa shape index (κ1) is 26.6. The van der Waals surface area contributed by atoms with Crippen molar-refractivity contribution in [1.29, 1.82) is 0 Å². The zero-order valence-electron chi connectivity index (χ0n) is 20.3. The highest BCUT2D eigenvalue weighted by atomic mass is 35.5. The highest BCUT2D eigenvalue weighted by molar-refractivity contribution is 7.99. The second kappa shape index (κ2) is 12.2. The molecule has 0 saturated carbocycles. The Morgan fingerprint density at radius 3 is 2.75 bits per heavy atom. The van der Waals surface area contributed by atoms with Crippen molar-refractivity contribution < 1.29 is 19.7 Å². The minimum Gasteiger partial charge on any atom is -0.497 e. The van der Waals surface area contributed by atoms with Crippen molar-refractivity contribution in [3.8, 4) is 5.75 Å². The van der Waals surface area contributed by atoms with Gasteiger partial charge in [-0.05, 0) is 69.9 Å². The van der Waals surface area contributed by atoms with Crippen LogP contribution in [0.15, 0.2) is 48.0 Å². The summed E-state index contributed by atoms with van der Waals surface area (Å²) in [6, 6.07) is 5.43. The Balaban J connectivity index is 1.34. The van der Waals surface area contributed by atoms with Crippen LogP contribution in [0.1, 0.15) is 43.8 Å². The number of likely N-dealkylation sites (tertiary alicyclic amines) is 1. The van der Waals surface area contributed by atoms with E-state index in [9.17, 15) is 15.0 Å². The van der Waals surface area contributed by atoms with Crippen molar-refractivity contribution in [3.63, 3.8) is 0 Å². The van der Waals surface area contributed by atoms with Gasteiger partial charge in [-0.25, -0.2) is 4.98 Å². The van der Waals surface area contributed by atoms with Crippen molar-refractivity contribution in [2.24, 2.45) is 5.41 Å². The lowest BCUT2D eigenvalue weighted by atomic mass is 9.74. The van der Waals surface area contributed by atoms with Crippen molar-refractivity contribution >= 4 is 40.2 Å². The third-order valence-electron chi connectivity index (χ3n) is 6.97. The van der Waals surface area contributed by atoms with Crippen LogP contribution in [-0.4, -0.2) is 68.5 Å². The van der Waals surface area contributed by atoms with Crippen LogP contribution in [0.4, 0.5) is 0 Å². The second-order valence-corrected chi connectivity index (χ2v) is 10.7. The zero-order valence-corrected chi connectivity index (χ0v) is 21.8. The molecule has 3 heterocycles. The van der Waals surface area contributed by atoms with E-state index >= 15 is 0 Å². The number of ether oxygens (including phenoxy) is 1. The summed E-state index contributed by atoms with van der Waals surface area (Å²) in [5.41, 5.74) is 0.422. The van der Waals surface area contributed by atoms with Crippen molar-refractivity contribution in [2.75, 3.05) is 32.5 Å². The third kappa shape index (κ3) is 6.26. The first-order valence-corrected chi connectivity index (χ1v) is 13.4. The quantitative estimate of drug-likeness (QED) is 0.265. The number of benzene rings is 1. The number of hydrogen-bond donors (Lipinski definition) is 2. The number of pyridine rings is 1. The van der Waals surface area contributed by atoms with Crippen LogP contribution in [-0.2, 0) is 4.79 Å². The number of carbonyl (C=O) groups is 1. The van der Waals surface area contributed by atoms with E-state index in [2.05, 4.69) is 19.9 Å². The van der Waals surface area contributed by atoms with E-state index in [1.54, 1.807) is 49.6 Å². The normalized spacial score (nSPS) is 16.6. The molecule has 8 nitrogen and oxygen atoms in total. The molecule has 0 bridgehead atoms. The predicted octanol–water partition coefficient (Wildman–Crippen LogP) is 4.85. The number of aliphatic hydroxyl groups is 1. The number of aromatic nitrogens is 3. The lowest BCUT2D eigenvalue weighted by molar-refractivity contribution is -0.153.